The van der Waals surface area contributed by atoms with Crippen LogP contribution in [0, 0.1) is 5.82 Å². The lowest BCUT2D eigenvalue weighted by Gasteiger charge is -2.17. The van der Waals surface area contributed by atoms with E-state index < -0.39 is 0 Å². The second-order valence-corrected chi connectivity index (χ2v) is 5.36. The van der Waals surface area contributed by atoms with Crippen LogP contribution in [0.3, 0.4) is 0 Å². The smallest absolute Gasteiger partial charge is 0.125 e. The predicted octanol–water partition coefficient (Wildman–Crippen LogP) is 5.41. The summed E-state index contributed by atoms with van der Waals surface area (Å²) in [5, 5.41) is 3.71. The molecule has 0 amide bonds. The van der Waals surface area contributed by atoms with E-state index in [1.54, 1.807) is 6.07 Å². The van der Waals surface area contributed by atoms with Crippen LogP contribution in [-0.4, -0.2) is 0 Å². The lowest BCUT2D eigenvalue weighted by Crippen LogP contribution is -2.07. The minimum Gasteiger partial charge on any atom is -0.377 e. The minimum absolute atomic E-state index is 0.0531. The molecule has 0 aliphatic rings. The van der Waals surface area contributed by atoms with Gasteiger partial charge in [0.05, 0.1) is 10.7 Å². The van der Waals surface area contributed by atoms with Crippen molar-refractivity contribution in [2.75, 3.05) is 5.32 Å². The fraction of sp³-hybridized carbons (Fsp3) is 0.143. The largest absolute Gasteiger partial charge is 0.377 e. The van der Waals surface area contributed by atoms with Crippen molar-refractivity contribution in [3.8, 4) is 0 Å². The third-order valence-corrected chi connectivity index (χ3v) is 3.53. The Morgan fingerprint density at radius 2 is 1.83 bits per heavy atom. The molecule has 0 fully saturated rings. The van der Waals surface area contributed by atoms with Gasteiger partial charge in [0.25, 0.3) is 0 Å². The van der Waals surface area contributed by atoms with Crippen molar-refractivity contribution in [3.63, 3.8) is 0 Å². The third kappa shape index (κ3) is 3.24. The molecule has 1 atom stereocenters. The number of anilines is 1. The second kappa shape index (κ2) is 5.72. The molecule has 94 valence electrons. The number of nitrogens with one attached hydrogen (secondary N) is 1. The predicted molar refractivity (Wildman–Crippen MR) is 77.6 cm³/mol. The maximum Gasteiger partial charge on any atom is 0.125 e. The molecule has 0 aliphatic carbocycles. The molecule has 0 radical (unpaired) electrons. The molecule has 2 aromatic rings. The van der Waals surface area contributed by atoms with Crippen molar-refractivity contribution in [1.82, 2.24) is 0 Å². The Bertz CT molecular complexity index is 542. The van der Waals surface area contributed by atoms with Gasteiger partial charge in [-0.2, -0.15) is 0 Å². The zero-order chi connectivity index (χ0) is 13.1. The van der Waals surface area contributed by atoms with Crippen molar-refractivity contribution in [3.05, 3.63) is 63.3 Å². The highest BCUT2D eigenvalue weighted by atomic mass is 79.9. The van der Waals surface area contributed by atoms with Crippen LogP contribution in [0.4, 0.5) is 10.1 Å². The van der Waals surface area contributed by atoms with Gasteiger partial charge < -0.3 is 5.32 Å². The Labute approximate surface area is 119 Å². The fourth-order valence-corrected chi connectivity index (χ4v) is 2.11. The summed E-state index contributed by atoms with van der Waals surface area (Å²) in [6.07, 6.45) is 0. The molecular formula is C14H12BrClFN. The average molecular weight is 329 g/mol. The first-order valence-corrected chi connectivity index (χ1v) is 6.70. The zero-order valence-corrected chi connectivity index (χ0v) is 12.1. The SMILES string of the molecule is CC(Nc1cc(F)ccc1Cl)c1ccc(Br)cc1. The quantitative estimate of drug-likeness (QED) is 0.794. The van der Waals surface area contributed by atoms with E-state index in [1.165, 1.54) is 12.1 Å². The van der Waals surface area contributed by atoms with E-state index in [2.05, 4.69) is 21.2 Å². The van der Waals surface area contributed by atoms with Crippen molar-refractivity contribution in [2.24, 2.45) is 0 Å². The van der Waals surface area contributed by atoms with Gasteiger partial charge in [0, 0.05) is 10.5 Å². The van der Waals surface area contributed by atoms with Crippen LogP contribution in [-0.2, 0) is 0 Å². The summed E-state index contributed by atoms with van der Waals surface area (Å²) in [6, 6.07) is 12.3. The number of hydrogen-bond acceptors (Lipinski definition) is 1. The Morgan fingerprint density at radius 3 is 2.50 bits per heavy atom. The molecule has 2 aromatic carbocycles. The van der Waals surface area contributed by atoms with Crippen LogP contribution in [0.2, 0.25) is 5.02 Å². The van der Waals surface area contributed by atoms with Crippen molar-refractivity contribution in [1.29, 1.82) is 0 Å². The molecule has 0 aromatic heterocycles. The summed E-state index contributed by atoms with van der Waals surface area (Å²) < 4.78 is 14.2. The molecule has 0 heterocycles. The van der Waals surface area contributed by atoms with E-state index in [0.29, 0.717) is 10.7 Å². The molecule has 0 aliphatic heterocycles. The standard InChI is InChI=1S/C14H12BrClFN/c1-9(10-2-4-11(15)5-3-10)18-14-8-12(17)6-7-13(14)16/h2-9,18H,1H3. The van der Waals surface area contributed by atoms with Crippen LogP contribution in [0.25, 0.3) is 0 Å². The summed E-state index contributed by atoms with van der Waals surface area (Å²) >= 11 is 9.41. The van der Waals surface area contributed by atoms with Crippen LogP contribution >= 0.6 is 27.5 Å². The van der Waals surface area contributed by atoms with E-state index >= 15 is 0 Å². The van der Waals surface area contributed by atoms with Crippen LogP contribution < -0.4 is 5.32 Å². The van der Waals surface area contributed by atoms with Crippen molar-refractivity contribution >= 4 is 33.2 Å². The number of halogens is 3. The highest BCUT2D eigenvalue weighted by Gasteiger charge is 2.08. The van der Waals surface area contributed by atoms with E-state index in [1.807, 2.05) is 31.2 Å². The molecule has 2 rings (SSSR count). The highest BCUT2D eigenvalue weighted by molar-refractivity contribution is 9.10. The van der Waals surface area contributed by atoms with Crippen LogP contribution in [0.1, 0.15) is 18.5 Å². The van der Waals surface area contributed by atoms with Gasteiger partial charge in [-0.15, -0.1) is 0 Å². The minimum atomic E-state index is -0.301. The summed E-state index contributed by atoms with van der Waals surface area (Å²) in [6.45, 7) is 2.00. The molecular weight excluding hydrogens is 317 g/mol. The Morgan fingerprint density at radius 1 is 1.17 bits per heavy atom. The van der Waals surface area contributed by atoms with Crippen LogP contribution in [0.15, 0.2) is 46.9 Å². The lowest BCUT2D eigenvalue weighted by atomic mass is 10.1. The number of rotatable bonds is 3. The molecule has 18 heavy (non-hydrogen) atoms. The second-order valence-electron chi connectivity index (χ2n) is 4.04. The average Bonchev–Trinajstić information content (AvgIpc) is 2.34. The van der Waals surface area contributed by atoms with Crippen molar-refractivity contribution < 1.29 is 4.39 Å². The van der Waals surface area contributed by atoms with E-state index in [4.69, 9.17) is 11.6 Å². The Kier molecular flexibility index (Phi) is 4.25. The molecule has 0 saturated heterocycles. The first-order chi connectivity index (χ1) is 8.56. The van der Waals surface area contributed by atoms with Gasteiger partial charge in [-0.25, -0.2) is 4.39 Å². The van der Waals surface area contributed by atoms with Crippen molar-refractivity contribution in [2.45, 2.75) is 13.0 Å². The summed E-state index contributed by atoms with van der Waals surface area (Å²) in [4.78, 5) is 0. The third-order valence-electron chi connectivity index (χ3n) is 2.67. The highest BCUT2D eigenvalue weighted by Crippen LogP contribution is 2.27. The molecule has 0 saturated carbocycles. The molecule has 1 nitrogen and oxygen atoms in total. The van der Waals surface area contributed by atoms with Gasteiger partial charge in [0.15, 0.2) is 0 Å². The van der Waals surface area contributed by atoms with Gasteiger partial charge >= 0.3 is 0 Å². The first kappa shape index (κ1) is 13.4. The van der Waals surface area contributed by atoms with Gasteiger partial charge in [-0.1, -0.05) is 39.7 Å². The van der Waals surface area contributed by atoms with E-state index in [9.17, 15) is 4.39 Å². The Balaban J connectivity index is 2.18. The normalized spacial score (nSPS) is 12.2. The van der Waals surface area contributed by atoms with Gasteiger partial charge in [-0.05, 0) is 42.8 Å². The molecule has 4 heteroatoms. The lowest BCUT2D eigenvalue weighted by molar-refractivity contribution is 0.628. The molecule has 1 N–H and O–H groups in total. The summed E-state index contributed by atoms with van der Waals surface area (Å²) in [5.74, 6) is -0.301. The van der Waals surface area contributed by atoms with Gasteiger partial charge in [-0.3, -0.25) is 0 Å². The maximum absolute atomic E-state index is 13.1. The van der Waals surface area contributed by atoms with Gasteiger partial charge in [0.2, 0.25) is 0 Å². The fourth-order valence-electron chi connectivity index (χ4n) is 1.68. The number of benzene rings is 2. The summed E-state index contributed by atoms with van der Waals surface area (Å²) in [7, 11) is 0. The first-order valence-electron chi connectivity index (χ1n) is 5.53. The van der Waals surface area contributed by atoms with E-state index in [-0.39, 0.29) is 11.9 Å². The molecule has 0 spiro atoms. The monoisotopic (exact) mass is 327 g/mol. The van der Waals surface area contributed by atoms with E-state index in [0.717, 1.165) is 10.0 Å². The Hall–Kier alpha value is -1.06. The van der Waals surface area contributed by atoms with Crippen LogP contribution in [0.5, 0.6) is 0 Å². The number of hydrogen-bond donors (Lipinski definition) is 1. The maximum atomic E-state index is 13.1. The summed E-state index contributed by atoms with van der Waals surface area (Å²) in [5.41, 5.74) is 1.71. The molecule has 1 unspecified atom stereocenters. The topological polar surface area (TPSA) is 12.0 Å². The van der Waals surface area contributed by atoms with Gasteiger partial charge in [0.1, 0.15) is 5.82 Å². The molecule has 0 bridgehead atoms. The zero-order valence-electron chi connectivity index (χ0n) is 9.75.